The molecule has 4 rings (SSSR count). The van der Waals surface area contributed by atoms with E-state index in [-0.39, 0.29) is 5.88 Å². The number of nitrogens with zero attached hydrogens (tertiary/aromatic N) is 1. The third kappa shape index (κ3) is 5.22. The van der Waals surface area contributed by atoms with Gasteiger partial charge in [-0.1, -0.05) is 25.1 Å². The lowest BCUT2D eigenvalue weighted by molar-refractivity contribution is 0.0734. The van der Waals surface area contributed by atoms with Crippen molar-refractivity contribution < 1.29 is 23.7 Å². The van der Waals surface area contributed by atoms with E-state index in [4.69, 9.17) is 24.7 Å². The Hall–Kier alpha value is -4.44. The van der Waals surface area contributed by atoms with E-state index in [1.54, 1.807) is 42.5 Å². The SMILES string of the molecule is CCCOc1cccc(C2C(C#N)=C(N)Oc3cc(OC(=O)c4ccc(OCC)cc4)ccc32)c1. The second-order valence-electron chi connectivity index (χ2n) is 7.89. The summed E-state index contributed by atoms with van der Waals surface area (Å²) in [6, 6.07) is 21.5. The van der Waals surface area contributed by atoms with E-state index in [2.05, 4.69) is 6.07 Å². The fourth-order valence-electron chi connectivity index (χ4n) is 3.87. The summed E-state index contributed by atoms with van der Waals surface area (Å²) >= 11 is 0. The fraction of sp³-hybridized carbons (Fsp3) is 0.214. The number of nitriles is 1. The van der Waals surface area contributed by atoms with E-state index in [0.717, 1.165) is 17.5 Å². The molecule has 0 saturated heterocycles. The van der Waals surface area contributed by atoms with Gasteiger partial charge in [0.25, 0.3) is 0 Å². The van der Waals surface area contributed by atoms with Crippen LogP contribution in [0, 0.1) is 11.3 Å². The zero-order valence-corrected chi connectivity index (χ0v) is 19.6. The Morgan fingerprint density at radius 2 is 1.77 bits per heavy atom. The van der Waals surface area contributed by atoms with E-state index < -0.39 is 11.9 Å². The highest BCUT2D eigenvalue weighted by molar-refractivity contribution is 5.91. The molecule has 0 fully saturated rings. The molecular weight excluding hydrogens is 444 g/mol. The van der Waals surface area contributed by atoms with Crippen LogP contribution in [0.5, 0.6) is 23.0 Å². The first-order valence-electron chi connectivity index (χ1n) is 11.4. The molecule has 0 aliphatic carbocycles. The van der Waals surface area contributed by atoms with Crippen molar-refractivity contribution in [3.05, 3.63) is 94.9 Å². The number of hydrogen-bond donors (Lipinski definition) is 1. The summed E-state index contributed by atoms with van der Waals surface area (Å²) in [6.45, 7) is 5.07. The maximum absolute atomic E-state index is 12.6. The predicted molar refractivity (Wildman–Crippen MR) is 131 cm³/mol. The quantitative estimate of drug-likeness (QED) is 0.351. The molecular formula is C28H26N2O5. The van der Waals surface area contributed by atoms with Gasteiger partial charge in [-0.15, -0.1) is 0 Å². The van der Waals surface area contributed by atoms with Crippen molar-refractivity contribution in [3.63, 3.8) is 0 Å². The van der Waals surface area contributed by atoms with E-state index in [9.17, 15) is 10.1 Å². The molecule has 0 aromatic heterocycles. The molecule has 3 aromatic carbocycles. The largest absolute Gasteiger partial charge is 0.494 e. The Bertz CT molecular complexity index is 1290. The molecule has 7 heteroatoms. The standard InChI is InChI=1S/C28H26N2O5/c1-3-14-33-21-7-5-6-19(15-21)26-23-13-12-22(16-25(23)35-27(30)24(26)17-29)34-28(31)18-8-10-20(11-9-18)32-4-2/h5-13,15-16,26H,3-4,14,30H2,1-2H3. The van der Waals surface area contributed by atoms with Gasteiger partial charge in [0.2, 0.25) is 5.88 Å². The third-order valence-corrected chi connectivity index (χ3v) is 5.47. The van der Waals surface area contributed by atoms with Crippen LogP contribution >= 0.6 is 0 Å². The van der Waals surface area contributed by atoms with Crippen molar-refractivity contribution in [3.8, 4) is 29.1 Å². The number of benzene rings is 3. The Balaban J connectivity index is 1.62. The Morgan fingerprint density at radius 1 is 1.00 bits per heavy atom. The Kier molecular flexibility index (Phi) is 7.22. The first kappa shape index (κ1) is 23.7. The minimum atomic E-state index is -0.512. The van der Waals surface area contributed by atoms with Crippen LogP contribution in [0.25, 0.3) is 0 Å². The molecule has 0 spiro atoms. The van der Waals surface area contributed by atoms with Crippen molar-refractivity contribution >= 4 is 5.97 Å². The summed E-state index contributed by atoms with van der Waals surface area (Å²) < 4.78 is 22.5. The van der Waals surface area contributed by atoms with Gasteiger partial charge in [0, 0.05) is 11.6 Å². The monoisotopic (exact) mass is 470 g/mol. The zero-order valence-electron chi connectivity index (χ0n) is 19.6. The molecule has 0 amide bonds. The Labute approximate surface area is 204 Å². The van der Waals surface area contributed by atoms with Gasteiger partial charge in [0.05, 0.1) is 24.7 Å². The van der Waals surface area contributed by atoms with Crippen LogP contribution in [0.15, 0.2) is 78.2 Å². The van der Waals surface area contributed by atoms with Crippen LogP contribution in [0.4, 0.5) is 0 Å². The number of carbonyl (C=O) groups excluding carboxylic acids is 1. The highest BCUT2D eigenvalue weighted by Crippen LogP contribution is 2.44. The summed E-state index contributed by atoms with van der Waals surface area (Å²) in [5.41, 5.74) is 8.40. The van der Waals surface area contributed by atoms with Gasteiger partial charge >= 0.3 is 5.97 Å². The van der Waals surface area contributed by atoms with E-state index >= 15 is 0 Å². The lowest BCUT2D eigenvalue weighted by Crippen LogP contribution is -2.21. The maximum Gasteiger partial charge on any atom is 0.343 e. The van der Waals surface area contributed by atoms with E-state index in [1.807, 2.05) is 38.1 Å². The number of esters is 1. The molecule has 1 aliphatic heterocycles. The molecule has 178 valence electrons. The molecule has 0 radical (unpaired) electrons. The summed E-state index contributed by atoms with van der Waals surface area (Å²) in [5, 5.41) is 9.80. The van der Waals surface area contributed by atoms with Crippen LogP contribution in [0.2, 0.25) is 0 Å². The normalized spacial score (nSPS) is 14.4. The minimum Gasteiger partial charge on any atom is -0.494 e. The van der Waals surface area contributed by atoms with Crippen LogP contribution in [0.3, 0.4) is 0 Å². The van der Waals surface area contributed by atoms with Gasteiger partial charge in [-0.05, 0) is 61.4 Å². The van der Waals surface area contributed by atoms with Gasteiger partial charge in [0.15, 0.2) is 0 Å². The van der Waals surface area contributed by atoms with Crippen molar-refractivity contribution in [2.45, 2.75) is 26.2 Å². The summed E-state index contributed by atoms with van der Waals surface area (Å²) in [7, 11) is 0. The minimum absolute atomic E-state index is 0.0138. The molecule has 7 nitrogen and oxygen atoms in total. The van der Waals surface area contributed by atoms with Crippen LogP contribution in [-0.2, 0) is 0 Å². The fourth-order valence-corrected chi connectivity index (χ4v) is 3.87. The second kappa shape index (κ2) is 10.7. The summed E-state index contributed by atoms with van der Waals surface area (Å²) in [6.07, 6.45) is 0.888. The van der Waals surface area contributed by atoms with Crippen molar-refractivity contribution in [2.75, 3.05) is 13.2 Å². The molecule has 0 saturated carbocycles. The number of fused-ring (bicyclic) bond motifs is 1. The van der Waals surface area contributed by atoms with Gasteiger partial charge < -0.3 is 24.7 Å². The van der Waals surface area contributed by atoms with Gasteiger partial charge in [-0.3, -0.25) is 0 Å². The lowest BCUT2D eigenvalue weighted by atomic mass is 9.83. The number of hydrogen-bond acceptors (Lipinski definition) is 7. The number of allylic oxidation sites excluding steroid dienone is 1. The molecule has 3 aromatic rings. The molecule has 1 heterocycles. The van der Waals surface area contributed by atoms with Crippen LogP contribution in [0.1, 0.15) is 47.7 Å². The number of rotatable bonds is 8. The highest BCUT2D eigenvalue weighted by Gasteiger charge is 2.31. The summed E-state index contributed by atoms with van der Waals surface area (Å²) in [5.74, 6) is 1.18. The van der Waals surface area contributed by atoms with Crippen LogP contribution < -0.4 is 24.7 Å². The van der Waals surface area contributed by atoms with Crippen molar-refractivity contribution in [2.24, 2.45) is 5.73 Å². The van der Waals surface area contributed by atoms with Crippen molar-refractivity contribution in [1.29, 1.82) is 5.26 Å². The third-order valence-electron chi connectivity index (χ3n) is 5.47. The first-order valence-corrected chi connectivity index (χ1v) is 11.4. The lowest BCUT2D eigenvalue weighted by Gasteiger charge is -2.27. The second-order valence-corrected chi connectivity index (χ2v) is 7.89. The van der Waals surface area contributed by atoms with E-state index in [1.165, 1.54) is 0 Å². The zero-order chi connectivity index (χ0) is 24.8. The number of nitrogens with two attached hydrogens (primary N) is 1. The average molecular weight is 471 g/mol. The summed E-state index contributed by atoms with van der Waals surface area (Å²) in [4.78, 5) is 12.6. The number of carbonyl (C=O) groups is 1. The Morgan fingerprint density at radius 3 is 2.49 bits per heavy atom. The maximum atomic E-state index is 12.6. The first-order chi connectivity index (χ1) is 17.0. The topological polar surface area (TPSA) is 104 Å². The van der Waals surface area contributed by atoms with Crippen LogP contribution in [-0.4, -0.2) is 19.2 Å². The molecule has 1 atom stereocenters. The van der Waals surface area contributed by atoms with Gasteiger partial charge in [-0.25, -0.2) is 4.79 Å². The average Bonchev–Trinajstić information content (AvgIpc) is 2.87. The highest BCUT2D eigenvalue weighted by atomic mass is 16.5. The molecule has 1 aliphatic rings. The molecule has 2 N–H and O–H groups in total. The molecule has 35 heavy (non-hydrogen) atoms. The number of ether oxygens (including phenoxy) is 4. The molecule has 1 unspecified atom stereocenters. The predicted octanol–water partition coefficient (Wildman–Crippen LogP) is 5.31. The smallest absolute Gasteiger partial charge is 0.343 e. The molecule has 0 bridgehead atoms. The van der Waals surface area contributed by atoms with Gasteiger partial charge in [0.1, 0.15) is 34.6 Å². The van der Waals surface area contributed by atoms with E-state index in [0.29, 0.717) is 47.3 Å². The van der Waals surface area contributed by atoms with Crippen molar-refractivity contribution in [1.82, 2.24) is 0 Å². The van der Waals surface area contributed by atoms with Gasteiger partial charge in [-0.2, -0.15) is 5.26 Å².